The minimum atomic E-state index is 1.08. The average Bonchev–Trinajstić information content (AvgIpc) is 2.59. The van der Waals surface area contributed by atoms with Gasteiger partial charge in [-0.25, -0.2) is 4.98 Å². The molecule has 3 heteroatoms. The molecule has 0 bridgehead atoms. The van der Waals surface area contributed by atoms with Crippen LogP contribution in [0.15, 0.2) is 30.2 Å². The van der Waals surface area contributed by atoms with E-state index in [1.165, 1.54) is 0 Å². The Bertz CT molecular complexity index is 251. The predicted molar refractivity (Wildman–Crippen MR) is 40.3 cm³/mol. The first-order valence-electron chi connectivity index (χ1n) is 2.90. The van der Waals surface area contributed by atoms with E-state index in [2.05, 4.69) is 11.1 Å². The van der Waals surface area contributed by atoms with Crippen molar-refractivity contribution in [1.82, 2.24) is 9.55 Å². The molecule has 0 saturated heterocycles. The first kappa shape index (κ1) is 5.68. The zero-order valence-corrected chi connectivity index (χ0v) is 6.01. The molecule has 0 aliphatic carbocycles. The van der Waals surface area contributed by atoms with Crippen molar-refractivity contribution in [3.8, 4) is 5.00 Å². The van der Waals surface area contributed by atoms with E-state index in [-0.39, 0.29) is 0 Å². The maximum Gasteiger partial charge on any atom is 0.108 e. The molecule has 0 fully saturated rings. The lowest BCUT2D eigenvalue weighted by Gasteiger charge is -1.91. The van der Waals surface area contributed by atoms with E-state index in [9.17, 15) is 0 Å². The molecule has 0 atom stereocenters. The van der Waals surface area contributed by atoms with E-state index < -0.39 is 0 Å². The number of thiophene rings is 1. The fraction of sp³-hybridized carbons (Fsp3) is 0. The number of rotatable bonds is 1. The lowest BCUT2D eigenvalue weighted by atomic mass is 10.6. The summed E-state index contributed by atoms with van der Waals surface area (Å²) in [4.78, 5) is 3.93. The third kappa shape index (κ3) is 0.844. The van der Waals surface area contributed by atoms with Crippen molar-refractivity contribution in [1.29, 1.82) is 0 Å². The average molecular weight is 149 g/mol. The van der Waals surface area contributed by atoms with Crippen LogP contribution < -0.4 is 0 Å². The highest BCUT2D eigenvalue weighted by Gasteiger charge is 1.92. The van der Waals surface area contributed by atoms with Gasteiger partial charge in [-0.3, -0.25) is 4.57 Å². The van der Waals surface area contributed by atoms with Gasteiger partial charge in [-0.1, -0.05) is 0 Å². The fourth-order valence-corrected chi connectivity index (χ4v) is 1.38. The minimum absolute atomic E-state index is 1.08. The van der Waals surface area contributed by atoms with Gasteiger partial charge in [0.25, 0.3) is 0 Å². The molecular weight excluding hydrogens is 144 g/mol. The van der Waals surface area contributed by atoms with Gasteiger partial charge in [-0.05, 0) is 11.4 Å². The maximum absolute atomic E-state index is 3.93. The molecule has 10 heavy (non-hydrogen) atoms. The SMILES string of the molecule is [c]1ccsc1-n1ccnc1. The molecule has 2 aromatic heterocycles. The van der Waals surface area contributed by atoms with Crippen molar-refractivity contribution >= 4 is 11.3 Å². The molecule has 2 nitrogen and oxygen atoms in total. The topological polar surface area (TPSA) is 17.8 Å². The molecule has 0 amide bonds. The zero-order valence-electron chi connectivity index (χ0n) is 5.19. The highest BCUT2D eigenvalue weighted by Crippen LogP contribution is 2.12. The third-order valence-electron chi connectivity index (χ3n) is 1.19. The van der Waals surface area contributed by atoms with Gasteiger partial charge in [0.1, 0.15) is 5.00 Å². The molecule has 0 saturated carbocycles. The van der Waals surface area contributed by atoms with Crippen LogP contribution in [0, 0.1) is 6.07 Å². The Balaban J connectivity index is 2.48. The molecule has 0 aliphatic heterocycles. The molecule has 0 spiro atoms. The zero-order chi connectivity index (χ0) is 6.81. The molecule has 0 unspecified atom stereocenters. The van der Waals surface area contributed by atoms with Gasteiger partial charge in [-0.2, -0.15) is 0 Å². The summed E-state index contributed by atoms with van der Waals surface area (Å²) in [5, 5.41) is 3.08. The number of hydrogen-bond donors (Lipinski definition) is 0. The van der Waals surface area contributed by atoms with Gasteiger partial charge in [-0.15, -0.1) is 11.3 Å². The summed E-state index contributed by atoms with van der Waals surface area (Å²) >= 11 is 1.65. The predicted octanol–water partition coefficient (Wildman–Crippen LogP) is 1.73. The summed E-state index contributed by atoms with van der Waals surface area (Å²) in [6, 6.07) is 4.98. The fourth-order valence-electron chi connectivity index (χ4n) is 0.752. The van der Waals surface area contributed by atoms with Crippen LogP contribution in [0.1, 0.15) is 0 Å². The number of nitrogens with zero attached hydrogens (tertiary/aromatic N) is 2. The van der Waals surface area contributed by atoms with Crippen molar-refractivity contribution in [2.45, 2.75) is 0 Å². The molecule has 49 valence electrons. The largest absolute Gasteiger partial charge is 0.297 e. The Labute approximate surface area is 62.8 Å². The Morgan fingerprint density at radius 1 is 1.60 bits per heavy atom. The summed E-state index contributed by atoms with van der Waals surface area (Å²) < 4.78 is 1.94. The number of aromatic nitrogens is 2. The Morgan fingerprint density at radius 3 is 3.20 bits per heavy atom. The molecule has 0 aliphatic rings. The second kappa shape index (κ2) is 2.27. The van der Waals surface area contributed by atoms with Gasteiger partial charge in [0.2, 0.25) is 0 Å². The summed E-state index contributed by atoms with van der Waals surface area (Å²) in [6.45, 7) is 0. The van der Waals surface area contributed by atoms with Gasteiger partial charge < -0.3 is 0 Å². The van der Waals surface area contributed by atoms with Gasteiger partial charge >= 0.3 is 0 Å². The quantitative estimate of drug-likeness (QED) is 0.603. The first-order valence-corrected chi connectivity index (χ1v) is 3.78. The van der Waals surface area contributed by atoms with Crippen molar-refractivity contribution < 1.29 is 0 Å². The second-order valence-corrected chi connectivity index (χ2v) is 2.73. The highest BCUT2D eigenvalue weighted by molar-refractivity contribution is 7.12. The molecule has 2 rings (SSSR count). The van der Waals surface area contributed by atoms with Crippen LogP contribution in [0.4, 0.5) is 0 Å². The van der Waals surface area contributed by atoms with E-state index in [1.807, 2.05) is 22.2 Å². The Kier molecular flexibility index (Phi) is 1.29. The van der Waals surface area contributed by atoms with E-state index in [1.54, 1.807) is 23.9 Å². The molecule has 0 aromatic carbocycles. The summed E-state index contributed by atoms with van der Waals surface area (Å²) in [5.41, 5.74) is 0. The van der Waals surface area contributed by atoms with Crippen LogP contribution in [0.3, 0.4) is 0 Å². The molecule has 1 radical (unpaired) electrons. The second-order valence-electron chi connectivity index (χ2n) is 1.84. The van der Waals surface area contributed by atoms with Crippen molar-refractivity contribution in [2.24, 2.45) is 0 Å². The van der Waals surface area contributed by atoms with Crippen LogP contribution in [-0.2, 0) is 0 Å². The Morgan fingerprint density at radius 2 is 2.60 bits per heavy atom. The maximum atomic E-state index is 3.93. The van der Waals surface area contributed by atoms with Gasteiger partial charge in [0.15, 0.2) is 0 Å². The van der Waals surface area contributed by atoms with Crippen LogP contribution >= 0.6 is 11.3 Å². The molecule has 0 N–H and O–H groups in total. The monoisotopic (exact) mass is 149 g/mol. The standard InChI is InChI=1S/C7H5N2S/c1-2-7(10-5-1)9-4-3-8-6-9/h1,3-6H. The summed E-state index contributed by atoms with van der Waals surface area (Å²) in [6.07, 6.45) is 5.43. The van der Waals surface area contributed by atoms with Crippen LogP contribution in [0.2, 0.25) is 0 Å². The number of imidazole rings is 1. The van der Waals surface area contributed by atoms with E-state index >= 15 is 0 Å². The Hall–Kier alpha value is -1.09. The van der Waals surface area contributed by atoms with Crippen molar-refractivity contribution in [3.05, 3.63) is 36.2 Å². The lowest BCUT2D eigenvalue weighted by Crippen LogP contribution is -1.82. The highest BCUT2D eigenvalue weighted by atomic mass is 32.1. The normalized spacial score (nSPS) is 10.0. The van der Waals surface area contributed by atoms with Crippen LogP contribution in [-0.4, -0.2) is 9.55 Å². The van der Waals surface area contributed by atoms with Crippen LogP contribution in [0.5, 0.6) is 0 Å². The van der Waals surface area contributed by atoms with E-state index in [0.29, 0.717) is 0 Å². The molecule has 2 aromatic rings. The van der Waals surface area contributed by atoms with Gasteiger partial charge in [0.05, 0.1) is 6.33 Å². The third-order valence-corrected chi connectivity index (χ3v) is 2.02. The number of hydrogen-bond acceptors (Lipinski definition) is 2. The smallest absolute Gasteiger partial charge is 0.108 e. The molecule has 2 heterocycles. The summed E-state index contributed by atoms with van der Waals surface area (Å²) in [5.74, 6) is 0. The van der Waals surface area contributed by atoms with Gasteiger partial charge in [0, 0.05) is 18.5 Å². The summed E-state index contributed by atoms with van der Waals surface area (Å²) in [7, 11) is 0. The lowest BCUT2D eigenvalue weighted by molar-refractivity contribution is 1.08. The van der Waals surface area contributed by atoms with Crippen molar-refractivity contribution in [2.75, 3.05) is 0 Å². The van der Waals surface area contributed by atoms with E-state index in [4.69, 9.17) is 0 Å². The first-order chi connectivity index (χ1) is 4.97. The van der Waals surface area contributed by atoms with Crippen LogP contribution in [0.25, 0.3) is 5.00 Å². The van der Waals surface area contributed by atoms with Crippen molar-refractivity contribution in [3.63, 3.8) is 0 Å². The minimum Gasteiger partial charge on any atom is -0.297 e. The van der Waals surface area contributed by atoms with E-state index in [0.717, 1.165) is 5.00 Å². The molecular formula is C7H5N2S.